The summed E-state index contributed by atoms with van der Waals surface area (Å²) >= 11 is 0. The molecular weight excluding hydrogens is 427 g/mol. The van der Waals surface area contributed by atoms with Gasteiger partial charge < -0.3 is 19.0 Å². The van der Waals surface area contributed by atoms with Crippen LogP contribution in [0.3, 0.4) is 0 Å². The van der Waals surface area contributed by atoms with E-state index in [-0.39, 0.29) is 24.7 Å². The SMILES string of the molecule is CC(=O)c1ccc(N2CCN(C(=O)COC(=O)Cc3coc4cc(C)ccc34)CC2)c(F)c1. The lowest BCUT2D eigenvalue weighted by atomic mass is 10.1. The number of anilines is 1. The summed E-state index contributed by atoms with van der Waals surface area (Å²) in [6.45, 7) is 4.67. The molecule has 2 aromatic carbocycles. The van der Waals surface area contributed by atoms with Gasteiger partial charge in [0.1, 0.15) is 11.4 Å². The van der Waals surface area contributed by atoms with Crippen molar-refractivity contribution in [2.75, 3.05) is 37.7 Å². The highest BCUT2D eigenvalue weighted by molar-refractivity contribution is 5.94. The number of carbonyl (C=O) groups excluding carboxylic acids is 3. The molecule has 3 aromatic rings. The number of halogens is 1. The van der Waals surface area contributed by atoms with Gasteiger partial charge in [-0.25, -0.2) is 4.39 Å². The van der Waals surface area contributed by atoms with Crippen LogP contribution in [0, 0.1) is 12.7 Å². The Morgan fingerprint density at radius 3 is 2.52 bits per heavy atom. The highest BCUT2D eigenvalue weighted by Crippen LogP contribution is 2.24. The number of furan rings is 1. The summed E-state index contributed by atoms with van der Waals surface area (Å²) in [7, 11) is 0. The number of benzene rings is 2. The van der Waals surface area contributed by atoms with Crippen LogP contribution in [0.15, 0.2) is 47.1 Å². The zero-order chi connectivity index (χ0) is 23.5. The second-order valence-electron chi connectivity index (χ2n) is 8.19. The first-order chi connectivity index (χ1) is 15.8. The molecule has 0 aliphatic carbocycles. The van der Waals surface area contributed by atoms with E-state index < -0.39 is 11.8 Å². The molecule has 8 heteroatoms. The minimum Gasteiger partial charge on any atom is -0.464 e. The summed E-state index contributed by atoms with van der Waals surface area (Å²) in [4.78, 5) is 39.6. The predicted molar refractivity (Wildman–Crippen MR) is 121 cm³/mol. The van der Waals surface area contributed by atoms with Crippen molar-refractivity contribution >= 4 is 34.3 Å². The summed E-state index contributed by atoms with van der Waals surface area (Å²) in [6, 6.07) is 10.2. The van der Waals surface area contributed by atoms with E-state index >= 15 is 0 Å². The predicted octanol–water partition coefficient (Wildman–Crippen LogP) is 3.52. The van der Waals surface area contributed by atoms with Gasteiger partial charge in [-0.2, -0.15) is 0 Å². The standard InChI is InChI=1S/C25H25FN2O5/c1-16-3-5-20-19(14-32-23(20)11-16)13-25(31)33-15-24(30)28-9-7-27(8-10-28)22-6-4-18(17(2)29)12-21(22)26/h3-6,11-12,14H,7-10,13,15H2,1-2H3. The summed E-state index contributed by atoms with van der Waals surface area (Å²) in [5.41, 5.74) is 3.21. The van der Waals surface area contributed by atoms with Crippen molar-refractivity contribution in [1.29, 1.82) is 0 Å². The van der Waals surface area contributed by atoms with Gasteiger partial charge in [0, 0.05) is 42.7 Å². The Labute approximate surface area is 190 Å². The topological polar surface area (TPSA) is 80.1 Å². The molecule has 1 aliphatic heterocycles. The average molecular weight is 452 g/mol. The Kier molecular flexibility index (Phi) is 6.44. The minimum absolute atomic E-state index is 0.0205. The van der Waals surface area contributed by atoms with Crippen molar-refractivity contribution in [2.24, 2.45) is 0 Å². The van der Waals surface area contributed by atoms with Crippen LogP contribution in [0.1, 0.15) is 28.4 Å². The third kappa shape index (κ3) is 5.05. The van der Waals surface area contributed by atoms with Crippen LogP contribution < -0.4 is 4.90 Å². The molecule has 172 valence electrons. The van der Waals surface area contributed by atoms with Gasteiger partial charge in [0.2, 0.25) is 0 Å². The first kappa shape index (κ1) is 22.5. The molecule has 0 N–H and O–H groups in total. The van der Waals surface area contributed by atoms with E-state index in [4.69, 9.17) is 9.15 Å². The Hall–Kier alpha value is -3.68. The van der Waals surface area contributed by atoms with E-state index in [0.717, 1.165) is 10.9 Å². The van der Waals surface area contributed by atoms with E-state index in [1.807, 2.05) is 30.0 Å². The maximum absolute atomic E-state index is 14.4. The number of esters is 1. The van der Waals surface area contributed by atoms with Crippen LogP contribution in [0.5, 0.6) is 0 Å². The van der Waals surface area contributed by atoms with E-state index in [1.54, 1.807) is 17.0 Å². The molecule has 0 unspecified atom stereocenters. The van der Waals surface area contributed by atoms with Gasteiger partial charge in [0.15, 0.2) is 12.4 Å². The fourth-order valence-electron chi connectivity index (χ4n) is 3.95. The number of hydrogen-bond donors (Lipinski definition) is 0. The number of rotatable bonds is 6. The molecule has 1 fully saturated rings. The number of ketones is 1. The van der Waals surface area contributed by atoms with Gasteiger partial charge in [0.25, 0.3) is 5.91 Å². The Balaban J connectivity index is 1.27. The molecule has 0 bridgehead atoms. The van der Waals surface area contributed by atoms with Crippen LogP contribution in [0.4, 0.5) is 10.1 Å². The summed E-state index contributed by atoms with van der Waals surface area (Å²) in [6.07, 6.45) is 1.56. The number of Topliss-reactive ketones (excluding diaryl/α,β-unsaturated/α-hetero) is 1. The van der Waals surface area contributed by atoms with Crippen molar-refractivity contribution < 1.29 is 27.9 Å². The molecule has 0 saturated carbocycles. The van der Waals surface area contributed by atoms with Gasteiger partial charge >= 0.3 is 5.97 Å². The lowest BCUT2D eigenvalue weighted by Gasteiger charge is -2.36. The maximum Gasteiger partial charge on any atom is 0.310 e. The van der Waals surface area contributed by atoms with Gasteiger partial charge in [-0.15, -0.1) is 0 Å². The van der Waals surface area contributed by atoms with E-state index in [1.165, 1.54) is 19.3 Å². The normalized spacial score (nSPS) is 13.9. The van der Waals surface area contributed by atoms with Crippen molar-refractivity contribution in [3.05, 3.63) is 65.2 Å². The largest absolute Gasteiger partial charge is 0.464 e. The Morgan fingerprint density at radius 2 is 1.82 bits per heavy atom. The lowest BCUT2D eigenvalue weighted by molar-refractivity contribution is -0.151. The number of piperazine rings is 1. The van der Waals surface area contributed by atoms with E-state index in [9.17, 15) is 18.8 Å². The van der Waals surface area contributed by atoms with Gasteiger partial charge in [0.05, 0.1) is 18.4 Å². The Morgan fingerprint density at radius 1 is 1.06 bits per heavy atom. The summed E-state index contributed by atoms with van der Waals surface area (Å²) in [5, 5.41) is 0.851. The molecule has 0 atom stereocenters. The molecule has 0 radical (unpaired) electrons. The monoisotopic (exact) mass is 452 g/mol. The van der Waals surface area contributed by atoms with Crippen LogP contribution in [0.25, 0.3) is 11.0 Å². The number of ether oxygens (including phenoxy) is 1. The van der Waals surface area contributed by atoms with Crippen molar-refractivity contribution in [3.63, 3.8) is 0 Å². The fourth-order valence-corrected chi connectivity index (χ4v) is 3.95. The molecule has 0 spiro atoms. The zero-order valence-corrected chi connectivity index (χ0v) is 18.6. The molecule has 4 rings (SSSR count). The highest BCUT2D eigenvalue weighted by Gasteiger charge is 2.24. The van der Waals surface area contributed by atoms with E-state index in [2.05, 4.69) is 0 Å². The molecule has 2 heterocycles. The third-order valence-electron chi connectivity index (χ3n) is 5.83. The third-order valence-corrected chi connectivity index (χ3v) is 5.83. The van der Waals surface area contributed by atoms with E-state index in [0.29, 0.717) is 48.6 Å². The summed E-state index contributed by atoms with van der Waals surface area (Å²) < 4.78 is 25.1. The number of nitrogens with zero attached hydrogens (tertiary/aromatic N) is 2. The minimum atomic E-state index is -0.502. The first-order valence-corrected chi connectivity index (χ1v) is 10.8. The molecule has 1 amide bonds. The lowest BCUT2D eigenvalue weighted by Crippen LogP contribution is -2.50. The summed E-state index contributed by atoms with van der Waals surface area (Å²) in [5.74, 6) is -1.44. The molecule has 7 nitrogen and oxygen atoms in total. The smallest absolute Gasteiger partial charge is 0.310 e. The number of hydrogen-bond acceptors (Lipinski definition) is 6. The number of amides is 1. The fraction of sp³-hybridized carbons (Fsp3) is 0.320. The van der Waals surface area contributed by atoms with Crippen LogP contribution in [-0.4, -0.2) is 55.3 Å². The number of carbonyl (C=O) groups is 3. The van der Waals surface area contributed by atoms with Gasteiger partial charge in [-0.05, 0) is 43.7 Å². The molecule has 1 aromatic heterocycles. The molecule has 33 heavy (non-hydrogen) atoms. The maximum atomic E-state index is 14.4. The Bertz CT molecular complexity index is 1210. The van der Waals surface area contributed by atoms with Crippen LogP contribution >= 0.6 is 0 Å². The van der Waals surface area contributed by atoms with Gasteiger partial charge in [-0.1, -0.05) is 12.1 Å². The molecule has 1 aliphatic rings. The van der Waals surface area contributed by atoms with Crippen molar-refractivity contribution in [2.45, 2.75) is 20.3 Å². The molecular formula is C25H25FN2O5. The average Bonchev–Trinajstić information content (AvgIpc) is 3.19. The first-order valence-electron chi connectivity index (χ1n) is 10.8. The van der Waals surface area contributed by atoms with Crippen molar-refractivity contribution in [3.8, 4) is 0 Å². The quantitative estimate of drug-likeness (QED) is 0.421. The van der Waals surface area contributed by atoms with Crippen LogP contribution in [-0.2, 0) is 20.7 Å². The second-order valence-corrected chi connectivity index (χ2v) is 8.19. The van der Waals surface area contributed by atoms with Gasteiger partial charge in [-0.3, -0.25) is 14.4 Å². The highest BCUT2D eigenvalue weighted by atomic mass is 19.1. The number of fused-ring (bicyclic) bond motifs is 1. The zero-order valence-electron chi connectivity index (χ0n) is 18.6. The second kappa shape index (κ2) is 9.44. The van der Waals surface area contributed by atoms with Crippen molar-refractivity contribution in [1.82, 2.24) is 4.90 Å². The number of aryl methyl sites for hydroxylation is 1. The van der Waals surface area contributed by atoms with Crippen LogP contribution in [0.2, 0.25) is 0 Å². The molecule has 1 saturated heterocycles.